The molecule has 15 heavy (non-hydrogen) atoms. The standard InChI is InChI=1S/C13H16O2/c1-13(2,15)12-6-4-3-5-11(12)9-7-10(14)8-9/h3-6,9,15H,7-8H2,1-2H3. The molecule has 0 spiro atoms. The molecule has 1 N–H and O–H groups in total. The van der Waals surface area contributed by atoms with Gasteiger partial charge >= 0.3 is 0 Å². The van der Waals surface area contributed by atoms with Crippen LogP contribution in [0, 0.1) is 0 Å². The van der Waals surface area contributed by atoms with E-state index >= 15 is 0 Å². The molecule has 0 amide bonds. The zero-order chi connectivity index (χ0) is 11.1. The van der Waals surface area contributed by atoms with Crippen LogP contribution in [0.4, 0.5) is 0 Å². The average molecular weight is 204 g/mol. The Balaban J connectivity index is 2.35. The summed E-state index contributed by atoms with van der Waals surface area (Å²) in [5.41, 5.74) is 1.25. The largest absolute Gasteiger partial charge is 0.386 e. The van der Waals surface area contributed by atoms with E-state index in [1.807, 2.05) is 24.3 Å². The number of carbonyl (C=O) groups excluding carboxylic acids is 1. The maximum atomic E-state index is 11.0. The third-order valence-corrected chi connectivity index (χ3v) is 3.01. The van der Waals surface area contributed by atoms with Crippen molar-refractivity contribution in [2.24, 2.45) is 0 Å². The second-order valence-corrected chi connectivity index (χ2v) is 4.79. The number of ketones is 1. The van der Waals surface area contributed by atoms with E-state index in [4.69, 9.17) is 0 Å². The number of carbonyl (C=O) groups is 1. The maximum Gasteiger partial charge on any atom is 0.134 e. The molecular formula is C13H16O2. The average Bonchev–Trinajstić information content (AvgIpc) is 2.12. The smallest absolute Gasteiger partial charge is 0.134 e. The van der Waals surface area contributed by atoms with Crippen molar-refractivity contribution in [1.29, 1.82) is 0 Å². The van der Waals surface area contributed by atoms with Crippen LogP contribution in [-0.4, -0.2) is 10.9 Å². The highest BCUT2D eigenvalue weighted by molar-refractivity contribution is 5.86. The van der Waals surface area contributed by atoms with Gasteiger partial charge in [-0.05, 0) is 30.9 Å². The Morgan fingerprint density at radius 2 is 1.87 bits per heavy atom. The Bertz CT molecular complexity index is 380. The molecule has 0 bridgehead atoms. The fourth-order valence-electron chi connectivity index (χ4n) is 2.12. The molecule has 0 unspecified atom stereocenters. The van der Waals surface area contributed by atoms with Gasteiger partial charge in [-0.1, -0.05) is 24.3 Å². The summed E-state index contributed by atoms with van der Waals surface area (Å²) in [7, 11) is 0. The quantitative estimate of drug-likeness (QED) is 0.803. The summed E-state index contributed by atoms with van der Waals surface area (Å²) in [5.74, 6) is 0.644. The Morgan fingerprint density at radius 1 is 1.27 bits per heavy atom. The van der Waals surface area contributed by atoms with E-state index in [0.29, 0.717) is 24.5 Å². The fourth-order valence-corrected chi connectivity index (χ4v) is 2.12. The first-order valence-corrected chi connectivity index (χ1v) is 5.32. The van der Waals surface area contributed by atoms with Crippen LogP contribution in [0.15, 0.2) is 24.3 Å². The molecule has 1 aromatic rings. The molecule has 0 heterocycles. The van der Waals surface area contributed by atoms with Crippen molar-refractivity contribution in [2.45, 2.75) is 38.2 Å². The Morgan fingerprint density at radius 3 is 2.40 bits per heavy atom. The van der Waals surface area contributed by atoms with E-state index in [1.165, 1.54) is 0 Å². The minimum absolute atomic E-state index is 0.320. The third-order valence-electron chi connectivity index (χ3n) is 3.01. The molecule has 0 radical (unpaired) electrons. The van der Waals surface area contributed by atoms with Gasteiger partial charge in [0.2, 0.25) is 0 Å². The minimum atomic E-state index is -0.824. The van der Waals surface area contributed by atoms with Crippen molar-refractivity contribution in [3.63, 3.8) is 0 Å². The molecule has 1 aliphatic carbocycles. The second kappa shape index (κ2) is 3.46. The highest BCUT2D eigenvalue weighted by atomic mass is 16.3. The summed E-state index contributed by atoms with van der Waals surface area (Å²) >= 11 is 0. The Hall–Kier alpha value is -1.15. The van der Waals surface area contributed by atoms with Gasteiger partial charge in [-0.2, -0.15) is 0 Å². The summed E-state index contributed by atoms with van der Waals surface area (Å²) in [6.45, 7) is 3.57. The van der Waals surface area contributed by atoms with Crippen molar-refractivity contribution in [3.8, 4) is 0 Å². The van der Waals surface area contributed by atoms with Crippen molar-refractivity contribution >= 4 is 5.78 Å². The number of rotatable bonds is 2. The molecule has 2 rings (SSSR count). The first-order chi connectivity index (χ1) is 6.98. The van der Waals surface area contributed by atoms with Gasteiger partial charge in [0.05, 0.1) is 5.60 Å². The lowest BCUT2D eigenvalue weighted by Crippen LogP contribution is -2.26. The molecule has 1 fully saturated rings. The van der Waals surface area contributed by atoms with Gasteiger partial charge < -0.3 is 5.11 Å². The molecule has 1 aliphatic rings. The molecule has 80 valence electrons. The van der Waals surface area contributed by atoms with Gasteiger partial charge in [0.15, 0.2) is 0 Å². The highest BCUT2D eigenvalue weighted by Gasteiger charge is 2.32. The van der Waals surface area contributed by atoms with E-state index in [-0.39, 0.29) is 0 Å². The lowest BCUT2D eigenvalue weighted by atomic mass is 9.75. The van der Waals surface area contributed by atoms with Crippen molar-refractivity contribution < 1.29 is 9.90 Å². The summed E-state index contributed by atoms with van der Waals surface area (Å²) in [6.07, 6.45) is 1.26. The van der Waals surface area contributed by atoms with Crippen LogP contribution in [0.2, 0.25) is 0 Å². The van der Waals surface area contributed by atoms with Crippen LogP contribution in [0.5, 0.6) is 0 Å². The molecule has 1 aromatic carbocycles. The van der Waals surface area contributed by atoms with E-state index in [1.54, 1.807) is 13.8 Å². The van der Waals surface area contributed by atoms with Crippen molar-refractivity contribution in [2.75, 3.05) is 0 Å². The zero-order valence-corrected chi connectivity index (χ0v) is 9.16. The van der Waals surface area contributed by atoms with E-state index < -0.39 is 5.60 Å². The minimum Gasteiger partial charge on any atom is -0.386 e. The third kappa shape index (κ3) is 1.95. The zero-order valence-electron chi connectivity index (χ0n) is 9.16. The SMILES string of the molecule is CC(C)(O)c1ccccc1C1CC(=O)C1. The number of hydrogen-bond acceptors (Lipinski definition) is 2. The van der Waals surface area contributed by atoms with Crippen LogP contribution < -0.4 is 0 Å². The number of hydrogen-bond donors (Lipinski definition) is 1. The Labute approximate surface area is 89.9 Å². The number of benzene rings is 1. The molecule has 2 nitrogen and oxygen atoms in total. The number of aliphatic hydroxyl groups is 1. The molecule has 1 saturated carbocycles. The first kappa shape index (κ1) is 10.4. The van der Waals surface area contributed by atoms with Crippen LogP contribution in [0.1, 0.15) is 43.7 Å². The van der Waals surface area contributed by atoms with Crippen molar-refractivity contribution in [1.82, 2.24) is 0 Å². The van der Waals surface area contributed by atoms with E-state index in [9.17, 15) is 9.90 Å². The van der Waals surface area contributed by atoms with Crippen LogP contribution in [-0.2, 0) is 10.4 Å². The molecule has 0 saturated heterocycles. The number of Topliss-reactive ketones (excluding diaryl/α,β-unsaturated/α-hetero) is 1. The maximum absolute atomic E-state index is 11.0. The van der Waals surface area contributed by atoms with Crippen LogP contribution >= 0.6 is 0 Å². The van der Waals surface area contributed by atoms with E-state index in [0.717, 1.165) is 11.1 Å². The van der Waals surface area contributed by atoms with Crippen LogP contribution in [0.3, 0.4) is 0 Å². The van der Waals surface area contributed by atoms with Gasteiger partial charge in [0, 0.05) is 12.8 Å². The van der Waals surface area contributed by atoms with E-state index in [2.05, 4.69) is 0 Å². The monoisotopic (exact) mass is 204 g/mol. The normalized spacial score (nSPS) is 17.7. The molecular weight excluding hydrogens is 188 g/mol. The van der Waals surface area contributed by atoms with Crippen LogP contribution in [0.25, 0.3) is 0 Å². The highest BCUT2D eigenvalue weighted by Crippen LogP contribution is 2.38. The van der Waals surface area contributed by atoms with Gasteiger partial charge in [-0.15, -0.1) is 0 Å². The summed E-state index contributed by atoms with van der Waals surface area (Å²) in [6, 6.07) is 7.85. The predicted molar refractivity (Wildman–Crippen MR) is 58.7 cm³/mol. The topological polar surface area (TPSA) is 37.3 Å². The molecule has 0 aliphatic heterocycles. The molecule has 0 atom stereocenters. The van der Waals surface area contributed by atoms with Gasteiger partial charge in [0.1, 0.15) is 5.78 Å². The van der Waals surface area contributed by atoms with Gasteiger partial charge in [-0.3, -0.25) is 4.79 Å². The second-order valence-electron chi connectivity index (χ2n) is 4.79. The fraction of sp³-hybridized carbons (Fsp3) is 0.462. The molecule has 0 aromatic heterocycles. The lowest BCUT2D eigenvalue weighted by Gasteiger charge is -2.30. The predicted octanol–water partition coefficient (Wildman–Crippen LogP) is 2.36. The Kier molecular flexibility index (Phi) is 2.39. The summed E-state index contributed by atoms with van der Waals surface area (Å²) in [4.78, 5) is 11.0. The van der Waals surface area contributed by atoms with Crippen molar-refractivity contribution in [3.05, 3.63) is 35.4 Å². The lowest BCUT2D eigenvalue weighted by molar-refractivity contribution is -0.124. The molecule has 2 heteroatoms. The summed E-state index contributed by atoms with van der Waals surface area (Å²) in [5, 5.41) is 10.0. The summed E-state index contributed by atoms with van der Waals surface area (Å²) < 4.78 is 0. The van der Waals surface area contributed by atoms with Gasteiger partial charge in [0.25, 0.3) is 0 Å². The first-order valence-electron chi connectivity index (χ1n) is 5.32. The van der Waals surface area contributed by atoms with Gasteiger partial charge in [-0.25, -0.2) is 0 Å².